The van der Waals surface area contributed by atoms with Gasteiger partial charge in [0.25, 0.3) is 0 Å². The topological polar surface area (TPSA) is 86.6 Å². The largest absolute Gasteiger partial charge is 0.392 e. The second-order valence-corrected chi connectivity index (χ2v) is 6.65. The van der Waals surface area contributed by atoms with Gasteiger partial charge < -0.3 is 10.2 Å². The first kappa shape index (κ1) is 14.9. The third kappa shape index (κ3) is 3.97. The molecule has 0 bridgehead atoms. The number of benzene rings is 1. The van der Waals surface area contributed by atoms with Crippen molar-refractivity contribution < 1.29 is 18.6 Å². The van der Waals surface area contributed by atoms with Crippen molar-refractivity contribution >= 4 is 15.7 Å². The molecule has 0 aromatic heterocycles. The van der Waals surface area contributed by atoms with Crippen molar-refractivity contribution in [1.29, 1.82) is 0 Å². The third-order valence-electron chi connectivity index (χ3n) is 2.54. The van der Waals surface area contributed by atoms with E-state index in [2.05, 4.69) is 4.72 Å². The first-order valence-electron chi connectivity index (χ1n) is 5.66. The van der Waals surface area contributed by atoms with E-state index in [1.165, 1.54) is 6.92 Å². The highest BCUT2D eigenvalue weighted by molar-refractivity contribution is 7.92. The first-order valence-corrected chi connectivity index (χ1v) is 7.31. The number of aliphatic hydroxyl groups excluding tert-OH is 1. The van der Waals surface area contributed by atoms with Gasteiger partial charge in [0.1, 0.15) is 0 Å². The molecule has 0 aliphatic carbocycles. The molecule has 1 aromatic carbocycles. The van der Waals surface area contributed by atoms with Crippen molar-refractivity contribution in [1.82, 2.24) is 0 Å². The van der Waals surface area contributed by atoms with Gasteiger partial charge in [-0.2, -0.15) is 0 Å². The van der Waals surface area contributed by atoms with Crippen molar-refractivity contribution in [3.63, 3.8) is 0 Å². The lowest BCUT2D eigenvalue weighted by molar-refractivity contribution is 0.0784. The summed E-state index contributed by atoms with van der Waals surface area (Å²) in [5, 5.41) is 19.1. The molecule has 0 aliphatic rings. The molecule has 1 aromatic rings. The average molecular weight is 273 g/mol. The van der Waals surface area contributed by atoms with Gasteiger partial charge in [-0.05, 0) is 44.0 Å². The maximum atomic E-state index is 11.5. The zero-order chi connectivity index (χ0) is 14.0. The molecule has 0 heterocycles. The summed E-state index contributed by atoms with van der Waals surface area (Å²) < 4.78 is 25.4. The van der Waals surface area contributed by atoms with Crippen LogP contribution < -0.4 is 4.72 Å². The van der Waals surface area contributed by atoms with Crippen molar-refractivity contribution in [2.45, 2.75) is 33.0 Å². The highest BCUT2D eigenvalue weighted by Crippen LogP contribution is 2.25. The fraction of sp³-hybridized carbons (Fsp3) is 0.500. The Labute approximate surface area is 108 Å². The smallest absolute Gasteiger partial charge is 0.232 e. The highest BCUT2D eigenvalue weighted by atomic mass is 32.2. The van der Waals surface area contributed by atoms with E-state index >= 15 is 0 Å². The van der Waals surface area contributed by atoms with Crippen LogP contribution in [0.2, 0.25) is 0 Å². The molecule has 0 saturated carbocycles. The molecule has 0 spiro atoms. The van der Waals surface area contributed by atoms with E-state index in [1.54, 1.807) is 32.0 Å². The Morgan fingerprint density at radius 3 is 2.33 bits per heavy atom. The minimum absolute atomic E-state index is 0.0335. The van der Waals surface area contributed by atoms with Crippen molar-refractivity contribution in [3.05, 3.63) is 29.3 Å². The number of anilines is 1. The lowest BCUT2D eigenvalue weighted by atomic mass is 9.96. The summed E-state index contributed by atoms with van der Waals surface area (Å²) in [6, 6.07) is 4.75. The van der Waals surface area contributed by atoms with Crippen LogP contribution in [0.3, 0.4) is 0 Å². The summed E-state index contributed by atoms with van der Waals surface area (Å²) in [6.45, 7) is 4.52. The van der Waals surface area contributed by atoms with Crippen LogP contribution in [0.25, 0.3) is 0 Å². The minimum atomic E-state index is -3.37. The predicted octanol–water partition coefficient (Wildman–Crippen LogP) is 1.17. The second kappa shape index (κ2) is 5.26. The van der Waals surface area contributed by atoms with Crippen molar-refractivity contribution in [3.8, 4) is 0 Å². The van der Waals surface area contributed by atoms with Gasteiger partial charge >= 0.3 is 0 Å². The molecule has 0 unspecified atom stereocenters. The molecular formula is C12H19NO4S. The van der Waals surface area contributed by atoms with Gasteiger partial charge in [-0.3, -0.25) is 4.72 Å². The summed E-state index contributed by atoms with van der Waals surface area (Å²) >= 11 is 0. The second-order valence-electron chi connectivity index (χ2n) is 4.64. The summed E-state index contributed by atoms with van der Waals surface area (Å²) in [6.07, 6.45) is 0. The Morgan fingerprint density at radius 1 is 1.28 bits per heavy atom. The molecule has 0 radical (unpaired) electrons. The zero-order valence-corrected chi connectivity index (χ0v) is 11.6. The van der Waals surface area contributed by atoms with E-state index in [-0.39, 0.29) is 12.4 Å². The van der Waals surface area contributed by atoms with Gasteiger partial charge in [0, 0.05) is 5.69 Å². The van der Waals surface area contributed by atoms with E-state index < -0.39 is 15.6 Å². The average Bonchev–Trinajstić information content (AvgIpc) is 2.27. The number of rotatable bonds is 5. The van der Waals surface area contributed by atoms with Gasteiger partial charge in [0.15, 0.2) is 0 Å². The number of hydrogen-bond donors (Lipinski definition) is 3. The van der Waals surface area contributed by atoms with Crippen LogP contribution in [0, 0.1) is 0 Å². The number of sulfonamides is 1. The van der Waals surface area contributed by atoms with Crippen LogP contribution in [0.5, 0.6) is 0 Å². The molecule has 0 fully saturated rings. The summed E-state index contributed by atoms with van der Waals surface area (Å²) in [7, 11) is -3.37. The molecular weight excluding hydrogens is 254 g/mol. The monoisotopic (exact) mass is 273 g/mol. The van der Waals surface area contributed by atoms with E-state index in [0.29, 0.717) is 16.8 Å². The van der Waals surface area contributed by atoms with Crippen molar-refractivity contribution in [2.24, 2.45) is 0 Å². The zero-order valence-electron chi connectivity index (χ0n) is 10.8. The Bertz CT molecular complexity index is 517. The van der Waals surface area contributed by atoms with E-state index in [9.17, 15) is 13.5 Å². The summed E-state index contributed by atoms with van der Waals surface area (Å²) in [5.41, 5.74) is 0.337. The Kier molecular flexibility index (Phi) is 4.37. The maximum absolute atomic E-state index is 11.5. The van der Waals surface area contributed by atoms with Crippen LogP contribution in [0.1, 0.15) is 31.9 Å². The van der Waals surface area contributed by atoms with E-state index in [0.717, 1.165) is 0 Å². The van der Waals surface area contributed by atoms with Crippen LogP contribution in [0.15, 0.2) is 18.2 Å². The standard InChI is InChI=1S/C12H19NO4S/c1-4-18(16,17)13-11-6-9(8-14)5-10(7-11)12(2,3)15/h5-7,13-15H,4,8H2,1-3H3. The normalized spacial score (nSPS) is 12.5. The van der Waals surface area contributed by atoms with Gasteiger partial charge in [-0.1, -0.05) is 6.07 Å². The van der Waals surface area contributed by atoms with E-state index in [1.807, 2.05) is 0 Å². The maximum Gasteiger partial charge on any atom is 0.232 e. The third-order valence-corrected chi connectivity index (χ3v) is 3.84. The number of aliphatic hydroxyl groups is 2. The van der Waals surface area contributed by atoms with Gasteiger partial charge in [-0.15, -0.1) is 0 Å². The van der Waals surface area contributed by atoms with Gasteiger partial charge in [-0.25, -0.2) is 8.42 Å². The fourth-order valence-electron chi connectivity index (χ4n) is 1.45. The molecule has 102 valence electrons. The first-order chi connectivity index (χ1) is 8.18. The predicted molar refractivity (Wildman–Crippen MR) is 70.7 cm³/mol. The molecule has 0 atom stereocenters. The Morgan fingerprint density at radius 2 is 1.89 bits per heavy atom. The Hall–Kier alpha value is -1.11. The molecule has 1 rings (SSSR count). The number of hydrogen-bond acceptors (Lipinski definition) is 4. The van der Waals surface area contributed by atoms with Gasteiger partial charge in [0.05, 0.1) is 18.0 Å². The lowest BCUT2D eigenvalue weighted by Crippen LogP contribution is -2.18. The van der Waals surface area contributed by atoms with Crippen molar-refractivity contribution in [2.75, 3.05) is 10.5 Å². The molecule has 0 saturated heterocycles. The highest BCUT2D eigenvalue weighted by Gasteiger charge is 2.18. The Balaban J connectivity index is 3.21. The molecule has 18 heavy (non-hydrogen) atoms. The summed E-state index contributed by atoms with van der Waals surface area (Å²) in [5.74, 6) is -0.0335. The fourth-order valence-corrected chi connectivity index (χ4v) is 2.07. The molecule has 0 aliphatic heterocycles. The van der Waals surface area contributed by atoms with Gasteiger partial charge in [0.2, 0.25) is 10.0 Å². The summed E-state index contributed by atoms with van der Waals surface area (Å²) in [4.78, 5) is 0. The molecule has 0 amide bonds. The van der Waals surface area contributed by atoms with Crippen LogP contribution >= 0.6 is 0 Å². The SMILES string of the molecule is CCS(=O)(=O)Nc1cc(CO)cc(C(C)(C)O)c1. The molecule has 3 N–H and O–H groups in total. The number of nitrogens with one attached hydrogen (secondary N) is 1. The van der Waals surface area contributed by atoms with Crippen LogP contribution in [-0.2, 0) is 22.2 Å². The van der Waals surface area contributed by atoms with Crippen LogP contribution in [-0.4, -0.2) is 24.4 Å². The van der Waals surface area contributed by atoms with Crippen LogP contribution in [0.4, 0.5) is 5.69 Å². The molecule has 5 nitrogen and oxygen atoms in total. The molecule has 6 heteroatoms. The minimum Gasteiger partial charge on any atom is -0.392 e. The quantitative estimate of drug-likeness (QED) is 0.751. The van der Waals surface area contributed by atoms with E-state index in [4.69, 9.17) is 5.11 Å². The lowest BCUT2D eigenvalue weighted by Gasteiger charge is -2.20.